The zero-order valence-electron chi connectivity index (χ0n) is 13.7. The maximum atomic E-state index is 12.3. The molecular weight excluding hydrogens is 326 g/mol. The Kier molecular flexibility index (Phi) is 5.43. The lowest BCUT2D eigenvalue weighted by atomic mass is 9.97. The lowest BCUT2D eigenvalue weighted by Gasteiger charge is -2.34. The highest BCUT2D eigenvalue weighted by molar-refractivity contribution is 7.54. The third-order valence-electron chi connectivity index (χ3n) is 3.43. The number of rotatable bonds is 4. The van der Waals surface area contributed by atoms with Gasteiger partial charge in [-0.15, -0.1) is 0 Å². The highest BCUT2D eigenvalue weighted by atomic mass is 31.2. The Balaban J connectivity index is 1.79. The molecule has 0 bridgehead atoms. The Hall–Kier alpha value is 0.0400. The highest BCUT2D eigenvalue weighted by Crippen LogP contribution is 2.55. The molecule has 2 heterocycles. The van der Waals surface area contributed by atoms with Crippen molar-refractivity contribution in [3.05, 3.63) is 12.2 Å². The molecule has 8 heteroatoms. The molecule has 0 amide bonds. The molecule has 2 rings (SSSR count). The lowest BCUT2D eigenvalue weighted by molar-refractivity contribution is 0.0420. The fraction of sp³-hybridized carbons (Fsp3) is 0.857. The summed E-state index contributed by atoms with van der Waals surface area (Å²) in [4.78, 5) is 0. The van der Waals surface area contributed by atoms with Crippen molar-refractivity contribution in [1.82, 2.24) is 0 Å². The van der Waals surface area contributed by atoms with Crippen LogP contribution in [-0.4, -0.2) is 38.8 Å². The molecule has 2 saturated heterocycles. The number of allylic oxidation sites excluding steroid dienone is 2. The Morgan fingerprint density at radius 2 is 1.00 bits per heavy atom. The third-order valence-corrected chi connectivity index (χ3v) is 6.84. The van der Waals surface area contributed by atoms with Gasteiger partial charge in [-0.3, -0.25) is 9.13 Å². The molecule has 0 radical (unpaired) electrons. The number of hydrogen-bond acceptors (Lipinski definition) is 6. The van der Waals surface area contributed by atoms with E-state index in [-0.39, 0.29) is 23.2 Å². The van der Waals surface area contributed by atoms with Gasteiger partial charge in [0, 0.05) is 10.8 Å². The molecule has 22 heavy (non-hydrogen) atoms. The summed E-state index contributed by atoms with van der Waals surface area (Å²) in [6.07, 6.45) is 3.69. The average molecular weight is 352 g/mol. The van der Waals surface area contributed by atoms with E-state index in [4.69, 9.17) is 18.1 Å². The molecule has 0 aromatic rings. The second-order valence-corrected chi connectivity index (χ2v) is 11.7. The first-order valence-corrected chi connectivity index (χ1v) is 10.9. The highest BCUT2D eigenvalue weighted by Gasteiger charge is 2.37. The van der Waals surface area contributed by atoms with E-state index in [0.717, 1.165) is 0 Å². The van der Waals surface area contributed by atoms with Crippen molar-refractivity contribution >= 4 is 15.2 Å². The molecule has 2 aliphatic heterocycles. The van der Waals surface area contributed by atoms with Crippen molar-refractivity contribution in [3.8, 4) is 0 Å². The summed E-state index contributed by atoms with van der Waals surface area (Å²) in [5.41, 5.74) is -0.225. The Morgan fingerprint density at radius 3 is 1.27 bits per heavy atom. The van der Waals surface area contributed by atoms with E-state index in [9.17, 15) is 9.13 Å². The van der Waals surface area contributed by atoms with E-state index in [2.05, 4.69) is 0 Å². The monoisotopic (exact) mass is 352 g/mol. The normalized spacial score (nSPS) is 29.5. The van der Waals surface area contributed by atoms with Crippen molar-refractivity contribution in [1.29, 1.82) is 0 Å². The van der Waals surface area contributed by atoms with Crippen LogP contribution in [0.25, 0.3) is 0 Å². The predicted molar refractivity (Wildman–Crippen MR) is 85.5 cm³/mol. The van der Waals surface area contributed by atoms with Gasteiger partial charge in [0.05, 0.1) is 38.8 Å². The van der Waals surface area contributed by atoms with Crippen LogP contribution < -0.4 is 0 Å². The molecule has 6 nitrogen and oxygen atoms in total. The molecule has 0 spiro atoms. The standard InChI is InChI=1S/C14H26O6P2/c1-13(2)9-17-21(15,18-10-13)7-5-6-8-22(16)19-11-14(3,4)12-20-22/h5-6H,7-12H2,1-4H3/b6-5+. The summed E-state index contributed by atoms with van der Waals surface area (Å²) in [5, 5.41) is 0. The maximum absolute atomic E-state index is 12.3. The molecule has 128 valence electrons. The molecule has 0 unspecified atom stereocenters. The summed E-state index contributed by atoms with van der Waals surface area (Å²) in [5.74, 6) is 0. The lowest BCUT2D eigenvalue weighted by Crippen LogP contribution is -2.30. The van der Waals surface area contributed by atoms with E-state index >= 15 is 0 Å². The van der Waals surface area contributed by atoms with Crippen molar-refractivity contribution < 1.29 is 27.2 Å². The first-order valence-electron chi connectivity index (χ1n) is 7.45. The SMILES string of the molecule is CC1(C)COP(=O)(C/C=C/CP2(=O)OCC(C)(C)CO2)OC1. The summed E-state index contributed by atoms with van der Waals surface area (Å²) in [7, 11) is -6.13. The second kappa shape index (κ2) is 6.51. The van der Waals surface area contributed by atoms with Crippen LogP contribution >= 0.6 is 15.2 Å². The smallest absolute Gasteiger partial charge is 0.308 e. The predicted octanol–water partition coefficient (Wildman–Crippen LogP) is 4.07. The Labute approximate surface area is 132 Å². The summed E-state index contributed by atoms with van der Waals surface area (Å²) < 4.78 is 46.1. The van der Waals surface area contributed by atoms with E-state index in [1.807, 2.05) is 27.7 Å². The van der Waals surface area contributed by atoms with Gasteiger partial charge in [0.15, 0.2) is 0 Å². The van der Waals surface area contributed by atoms with Crippen LogP contribution in [0, 0.1) is 10.8 Å². The van der Waals surface area contributed by atoms with Crippen LogP contribution in [0.5, 0.6) is 0 Å². The van der Waals surface area contributed by atoms with Crippen molar-refractivity contribution in [3.63, 3.8) is 0 Å². The zero-order valence-corrected chi connectivity index (χ0v) is 15.5. The van der Waals surface area contributed by atoms with Gasteiger partial charge in [0.25, 0.3) is 0 Å². The molecule has 0 aromatic heterocycles. The molecule has 0 N–H and O–H groups in total. The van der Waals surface area contributed by atoms with Crippen LogP contribution in [-0.2, 0) is 27.2 Å². The van der Waals surface area contributed by atoms with Gasteiger partial charge in [-0.1, -0.05) is 39.8 Å². The van der Waals surface area contributed by atoms with Gasteiger partial charge in [0.2, 0.25) is 0 Å². The third kappa shape index (κ3) is 5.30. The Morgan fingerprint density at radius 1 is 0.727 bits per heavy atom. The largest absolute Gasteiger partial charge is 0.334 e. The van der Waals surface area contributed by atoms with Gasteiger partial charge in [0.1, 0.15) is 0 Å². The van der Waals surface area contributed by atoms with Crippen LogP contribution in [0.1, 0.15) is 27.7 Å². The van der Waals surface area contributed by atoms with Crippen LogP contribution in [0.2, 0.25) is 0 Å². The van der Waals surface area contributed by atoms with E-state index in [0.29, 0.717) is 26.4 Å². The maximum Gasteiger partial charge on any atom is 0.334 e. The summed E-state index contributed by atoms with van der Waals surface area (Å²) in [6.45, 7) is 9.65. The first kappa shape index (κ1) is 18.4. The minimum atomic E-state index is -3.06. The van der Waals surface area contributed by atoms with Crippen LogP contribution in [0.4, 0.5) is 0 Å². The average Bonchev–Trinajstić information content (AvgIpc) is 2.43. The van der Waals surface area contributed by atoms with Gasteiger partial charge in [-0.05, 0) is 0 Å². The van der Waals surface area contributed by atoms with Crippen LogP contribution in [0.15, 0.2) is 12.2 Å². The minimum absolute atomic E-state index is 0.112. The summed E-state index contributed by atoms with van der Waals surface area (Å²) in [6, 6.07) is 0. The second-order valence-electron chi connectivity index (χ2n) is 7.48. The van der Waals surface area contributed by atoms with E-state index < -0.39 is 15.2 Å². The quantitative estimate of drug-likeness (QED) is 0.561. The molecule has 2 fully saturated rings. The fourth-order valence-electron chi connectivity index (χ4n) is 1.87. The fourth-order valence-corrected chi connectivity index (χ4v) is 5.44. The summed E-state index contributed by atoms with van der Waals surface area (Å²) >= 11 is 0. The first-order chi connectivity index (χ1) is 10.0. The van der Waals surface area contributed by atoms with E-state index in [1.165, 1.54) is 0 Å². The van der Waals surface area contributed by atoms with Crippen molar-refractivity contribution in [2.45, 2.75) is 27.7 Å². The molecule has 0 atom stereocenters. The van der Waals surface area contributed by atoms with Gasteiger partial charge in [-0.2, -0.15) is 0 Å². The molecular formula is C14H26O6P2. The zero-order chi connectivity index (χ0) is 16.5. The topological polar surface area (TPSA) is 71.1 Å². The van der Waals surface area contributed by atoms with Gasteiger partial charge >= 0.3 is 15.2 Å². The molecule has 2 aliphatic rings. The minimum Gasteiger partial charge on any atom is -0.308 e. The molecule has 0 saturated carbocycles. The van der Waals surface area contributed by atoms with E-state index in [1.54, 1.807) is 12.2 Å². The van der Waals surface area contributed by atoms with Crippen LogP contribution in [0.3, 0.4) is 0 Å². The Bertz CT molecular complexity index is 451. The van der Waals surface area contributed by atoms with Crippen molar-refractivity contribution in [2.24, 2.45) is 10.8 Å². The van der Waals surface area contributed by atoms with Gasteiger partial charge in [-0.25, -0.2) is 0 Å². The molecule has 0 aromatic carbocycles. The number of hydrogen-bond donors (Lipinski definition) is 0. The molecule has 0 aliphatic carbocycles. The van der Waals surface area contributed by atoms with Crippen molar-refractivity contribution in [2.75, 3.05) is 38.8 Å². The van der Waals surface area contributed by atoms with Gasteiger partial charge < -0.3 is 18.1 Å².